The van der Waals surface area contributed by atoms with Crippen molar-refractivity contribution >= 4 is 23.5 Å². The molecule has 1 aliphatic rings. The molecule has 0 bridgehead atoms. The molecule has 0 spiro atoms. The molecule has 1 saturated heterocycles. The van der Waals surface area contributed by atoms with Gasteiger partial charge in [-0.25, -0.2) is 9.97 Å². The molecule has 0 atom stereocenters. The molecule has 1 amide bonds. The lowest BCUT2D eigenvalue weighted by Gasteiger charge is -2.36. The van der Waals surface area contributed by atoms with E-state index >= 15 is 0 Å². The molecular weight excluding hydrogens is 428 g/mol. The van der Waals surface area contributed by atoms with Crippen LogP contribution in [0.25, 0.3) is 0 Å². The number of carbonyl (C=O) groups is 1. The Hall–Kier alpha value is -2.86. The Balaban J connectivity index is 1.45. The molecule has 172 valence electrons. The summed E-state index contributed by atoms with van der Waals surface area (Å²) in [5.41, 5.74) is 4.87. The van der Waals surface area contributed by atoms with E-state index in [0.29, 0.717) is 5.75 Å². The van der Waals surface area contributed by atoms with Crippen molar-refractivity contribution in [1.82, 2.24) is 14.9 Å². The van der Waals surface area contributed by atoms with Crippen LogP contribution in [-0.4, -0.2) is 52.7 Å². The first-order chi connectivity index (χ1) is 16.0. The molecule has 1 aliphatic heterocycles. The number of nitrogens with zero attached hydrogens (tertiary/aromatic N) is 4. The molecule has 0 N–H and O–H groups in total. The van der Waals surface area contributed by atoms with Gasteiger partial charge in [-0.3, -0.25) is 4.79 Å². The Labute approximate surface area is 201 Å². The predicted octanol–water partition coefficient (Wildman–Crippen LogP) is 4.69. The van der Waals surface area contributed by atoms with Crippen LogP contribution in [0.5, 0.6) is 0 Å². The maximum atomic E-state index is 12.8. The number of aryl methyl sites for hydroxylation is 3. The number of amides is 1. The van der Waals surface area contributed by atoms with Crippen molar-refractivity contribution in [3.63, 3.8) is 0 Å². The van der Waals surface area contributed by atoms with E-state index in [-0.39, 0.29) is 5.91 Å². The molecule has 0 aliphatic carbocycles. The lowest BCUT2D eigenvalue weighted by Crippen LogP contribution is -2.50. The van der Waals surface area contributed by atoms with Crippen molar-refractivity contribution in [2.45, 2.75) is 38.5 Å². The van der Waals surface area contributed by atoms with Gasteiger partial charge in [0.05, 0.1) is 5.75 Å². The van der Waals surface area contributed by atoms with E-state index in [2.05, 4.69) is 43.0 Å². The molecule has 6 heteroatoms. The van der Waals surface area contributed by atoms with Crippen molar-refractivity contribution < 1.29 is 4.79 Å². The van der Waals surface area contributed by atoms with E-state index in [0.717, 1.165) is 61.3 Å². The zero-order valence-corrected chi connectivity index (χ0v) is 20.6. The monoisotopic (exact) mass is 460 g/mol. The van der Waals surface area contributed by atoms with Gasteiger partial charge in [0, 0.05) is 48.8 Å². The van der Waals surface area contributed by atoms with E-state index in [1.807, 2.05) is 42.2 Å². The molecule has 2 heterocycles. The summed E-state index contributed by atoms with van der Waals surface area (Å²) in [5.74, 6) is 2.53. The van der Waals surface area contributed by atoms with Gasteiger partial charge in [0.2, 0.25) is 5.91 Å². The highest BCUT2D eigenvalue weighted by Crippen LogP contribution is 2.26. The highest BCUT2D eigenvalue weighted by atomic mass is 32.2. The number of thioether (sulfide) groups is 1. The van der Waals surface area contributed by atoms with Crippen LogP contribution in [0.15, 0.2) is 59.5 Å². The molecule has 0 saturated carbocycles. The zero-order valence-electron chi connectivity index (χ0n) is 19.8. The molecule has 1 fully saturated rings. The quantitative estimate of drug-likeness (QED) is 0.479. The van der Waals surface area contributed by atoms with Crippen LogP contribution < -0.4 is 4.90 Å². The molecule has 3 aromatic rings. The van der Waals surface area contributed by atoms with Crippen LogP contribution in [0.4, 0.5) is 5.82 Å². The first kappa shape index (κ1) is 23.3. The second kappa shape index (κ2) is 10.8. The van der Waals surface area contributed by atoms with Crippen LogP contribution in [-0.2, 0) is 17.6 Å². The molecule has 5 nitrogen and oxygen atoms in total. The fraction of sp³-hybridized carbons (Fsp3) is 0.370. The number of carbonyl (C=O) groups excluding carboxylic acids is 1. The fourth-order valence-corrected chi connectivity index (χ4v) is 5.03. The minimum atomic E-state index is 0.205. The fourth-order valence-electron chi connectivity index (χ4n) is 4.20. The molecule has 1 aromatic heterocycles. The van der Waals surface area contributed by atoms with Crippen molar-refractivity contribution in [2.24, 2.45) is 0 Å². The highest BCUT2D eigenvalue weighted by molar-refractivity contribution is 8.00. The third kappa shape index (κ3) is 5.93. The topological polar surface area (TPSA) is 49.3 Å². The summed E-state index contributed by atoms with van der Waals surface area (Å²) in [4.78, 5) is 27.8. The van der Waals surface area contributed by atoms with Gasteiger partial charge < -0.3 is 9.80 Å². The van der Waals surface area contributed by atoms with Crippen LogP contribution in [0.1, 0.15) is 35.1 Å². The summed E-state index contributed by atoms with van der Waals surface area (Å²) in [6.45, 7) is 9.28. The third-order valence-corrected chi connectivity index (χ3v) is 7.05. The van der Waals surface area contributed by atoms with Gasteiger partial charge in [-0.05, 0) is 38.0 Å². The summed E-state index contributed by atoms with van der Waals surface area (Å²) < 4.78 is 0. The Morgan fingerprint density at radius 3 is 2.30 bits per heavy atom. The van der Waals surface area contributed by atoms with Gasteiger partial charge in [-0.15, -0.1) is 11.8 Å². The number of anilines is 1. The van der Waals surface area contributed by atoms with Gasteiger partial charge in [-0.1, -0.05) is 55.0 Å². The van der Waals surface area contributed by atoms with Gasteiger partial charge in [0.15, 0.2) is 0 Å². The average Bonchev–Trinajstić information content (AvgIpc) is 2.85. The lowest BCUT2D eigenvalue weighted by atomic mass is 10.0. The van der Waals surface area contributed by atoms with E-state index in [1.165, 1.54) is 16.7 Å². The lowest BCUT2D eigenvalue weighted by molar-refractivity contribution is -0.128. The summed E-state index contributed by atoms with van der Waals surface area (Å²) in [5, 5.41) is 0. The normalized spacial score (nSPS) is 13.9. The number of benzene rings is 2. The van der Waals surface area contributed by atoms with Gasteiger partial charge in [0.1, 0.15) is 11.6 Å². The van der Waals surface area contributed by atoms with Gasteiger partial charge in [0.25, 0.3) is 0 Å². The van der Waals surface area contributed by atoms with Crippen LogP contribution in [0, 0.1) is 13.8 Å². The number of aromatic nitrogens is 2. The van der Waals surface area contributed by atoms with Crippen molar-refractivity contribution in [3.05, 3.63) is 82.8 Å². The molecule has 2 aromatic carbocycles. The Bertz CT molecular complexity index is 1080. The Morgan fingerprint density at radius 1 is 0.939 bits per heavy atom. The van der Waals surface area contributed by atoms with Crippen molar-refractivity contribution in [1.29, 1.82) is 0 Å². The van der Waals surface area contributed by atoms with Crippen LogP contribution in [0.2, 0.25) is 0 Å². The summed E-state index contributed by atoms with van der Waals surface area (Å²) in [7, 11) is 0. The van der Waals surface area contributed by atoms with Crippen LogP contribution in [0.3, 0.4) is 0 Å². The minimum Gasteiger partial charge on any atom is -0.353 e. The Morgan fingerprint density at radius 2 is 1.64 bits per heavy atom. The van der Waals surface area contributed by atoms with E-state index < -0.39 is 0 Å². The van der Waals surface area contributed by atoms with Gasteiger partial charge >= 0.3 is 0 Å². The second-order valence-corrected chi connectivity index (χ2v) is 9.55. The summed E-state index contributed by atoms with van der Waals surface area (Å²) >= 11 is 1.61. The average molecular weight is 461 g/mol. The molecule has 4 rings (SSSR count). The Kier molecular flexibility index (Phi) is 7.65. The summed E-state index contributed by atoms with van der Waals surface area (Å²) in [6.07, 6.45) is 1.71. The number of hydrogen-bond donors (Lipinski definition) is 0. The molecule has 33 heavy (non-hydrogen) atoms. The standard InChI is InChI=1S/C27H32N4OS/c1-4-25-24(18-22-12-10-20(2)11-13-22)27(29-21(3)28-25)31-16-14-30(15-17-31)26(32)19-33-23-8-6-5-7-9-23/h5-13H,4,14-19H2,1-3H3. The second-order valence-electron chi connectivity index (χ2n) is 8.51. The van der Waals surface area contributed by atoms with Crippen molar-refractivity contribution in [2.75, 3.05) is 36.8 Å². The maximum Gasteiger partial charge on any atom is 0.233 e. The zero-order chi connectivity index (χ0) is 23.2. The molecular formula is C27H32N4OS. The number of hydrogen-bond acceptors (Lipinski definition) is 5. The van der Waals surface area contributed by atoms with Gasteiger partial charge in [-0.2, -0.15) is 0 Å². The first-order valence-corrected chi connectivity index (χ1v) is 12.6. The van der Waals surface area contributed by atoms with E-state index in [4.69, 9.17) is 9.97 Å². The smallest absolute Gasteiger partial charge is 0.233 e. The minimum absolute atomic E-state index is 0.205. The first-order valence-electron chi connectivity index (χ1n) is 11.7. The molecule has 0 radical (unpaired) electrons. The maximum absolute atomic E-state index is 12.8. The number of rotatable bonds is 7. The van der Waals surface area contributed by atoms with E-state index in [9.17, 15) is 4.79 Å². The SMILES string of the molecule is CCc1nc(C)nc(N2CCN(C(=O)CSc3ccccc3)CC2)c1Cc1ccc(C)cc1. The van der Waals surface area contributed by atoms with Crippen molar-refractivity contribution in [3.8, 4) is 0 Å². The highest BCUT2D eigenvalue weighted by Gasteiger charge is 2.25. The molecule has 0 unspecified atom stereocenters. The van der Waals surface area contributed by atoms with Crippen LogP contribution >= 0.6 is 11.8 Å². The third-order valence-electron chi connectivity index (χ3n) is 6.06. The number of piperazine rings is 1. The van der Waals surface area contributed by atoms with E-state index in [1.54, 1.807) is 11.8 Å². The largest absolute Gasteiger partial charge is 0.353 e. The predicted molar refractivity (Wildman–Crippen MR) is 136 cm³/mol. The summed E-state index contributed by atoms with van der Waals surface area (Å²) in [6, 6.07) is 18.8.